The van der Waals surface area contributed by atoms with E-state index in [1.807, 2.05) is 30.8 Å². The van der Waals surface area contributed by atoms with Crippen molar-refractivity contribution in [3.05, 3.63) is 59.6 Å². The topological polar surface area (TPSA) is 64.7 Å². The van der Waals surface area contributed by atoms with E-state index in [9.17, 15) is 9.18 Å². The summed E-state index contributed by atoms with van der Waals surface area (Å²) in [6.45, 7) is 1.99. The monoisotopic (exact) mass is 357 g/mol. The molecule has 8 heteroatoms. The highest BCUT2D eigenvalue weighted by Crippen LogP contribution is 2.42. The minimum absolute atomic E-state index is 0.0974. The van der Waals surface area contributed by atoms with Crippen LogP contribution in [0.3, 0.4) is 0 Å². The highest BCUT2D eigenvalue weighted by atomic mass is 32.2. The lowest BCUT2D eigenvalue weighted by Crippen LogP contribution is -2.12. The van der Waals surface area contributed by atoms with E-state index < -0.39 is 0 Å². The number of nitrogens with one attached hydrogen (secondary N) is 1. The first-order valence-corrected chi connectivity index (χ1v) is 8.82. The van der Waals surface area contributed by atoms with Crippen LogP contribution in [0.2, 0.25) is 0 Å². The average Bonchev–Trinajstić information content (AvgIpc) is 3.09. The summed E-state index contributed by atoms with van der Waals surface area (Å²) in [5.41, 5.74) is 3.52. The fourth-order valence-corrected chi connectivity index (χ4v) is 4.14. The van der Waals surface area contributed by atoms with Gasteiger partial charge in [-0.2, -0.15) is 5.10 Å². The van der Waals surface area contributed by atoms with Crippen LogP contribution >= 0.6 is 11.8 Å². The number of carbonyl (C=O) groups excluding carboxylic acids is 1. The molecule has 1 unspecified atom stereocenters. The molecule has 2 aromatic heterocycles. The maximum Gasteiger partial charge on any atom is 0.235 e. The number of carbonyl (C=O) groups is 1. The van der Waals surface area contributed by atoms with E-state index >= 15 is 0 Å². The molecule has 0 fully saturated rings. The summed E-state index contributed by atoms with van der Waals surface area (Å²) in [4.78, 5) is 16.4. The summed E-state index contributed by atoms with van der Waals surface area (Å²) in [6.07, 6.45) is 3.43. The van der Waals surface area contributed by atoms with Gasteiger partial charge < -0.3 is 5.32 Å². The zero-order valence-electron chi connectivity index (χ0n) is 13.7. The molecular weight excluding hydrogens is 341 g/mol. The minimum Gasteiger partial charge on any atom is -0.308 e. The number of imidazole rings is 1. The molecule has 1 N–H and O–H groups in total. The summed E-state index contributed by atoms with van der Waals surface area (Å²) in [7, 11) is 1.88. The van der Waals surface area contributed by atoms with Crippen molar-refractivity contribution in [2.75, 3.05) is 11.1 Å². The summed E-state index contributed by atoms with van der Waals surface area (Å²) >= 11 is 1.51. The van der Waals surface area contributed by atoms with Gasteiger partial charge in [0.05, 0.1) is 22.9 Å². The second-order valence-electron chi connectivity index (χ2n) is 5.88. The number of nitrogens with zero attached hydrogens (tertiary/aromatic N) is 4. The number of aromatic nitrogens is 4. The van der Waals surface area contributed by atoms with Crippen molar-refractivity contribution in [2.24, 2.45) is 7.05 Å². The van der Waals surface area contributed by atoms with Gasteiger partial charge in [0.15, 0.2) is 5.82 Å². The molecular formula is C17H16FN5OS. The number of benzene rings is 1. The van der Waals surface area contributed by atoms with E-state index in [4.69, 9.17) is 0 Å². The first-order chi connectivity index (χ1) is 12.0. The lowest BCUT2D eigenvalue weighted by molar-refractivity contribution is -0.113. The molecule has 0 aliphatic carbocycles. The highest BCUT2D eigenvalue weighted by molar-refractivity contribution is 8.00. The molecule has 3 aromatic rings. The van der Waals surface area contributed by atoms with Gasteiger partial charge in [0.1, 0.15) is 12.1 Å². The SMILES string of the molecule is Cc1c(C2SCC(=O)Nc3ncn(-c4cccc(F)c4)c32)cnn1C. The Morgan fingerprint density at radius 1 is 1.40 bits per heavy atom. The molecule has 128 valence electrons. The zero-order chi connectivity index (χ0) is 17.6. The molecule has 0 spiro atoms. The van der Waals surface area contributed by atoms with E-state index in [1.54, 1.807) is 17.1 Å². The van der Waals surface area contributed by atoms with Crippen LogP contribution in [0.1, 0.15) is 22.2 Å². The lowest BCUT2D eigenvalue weighted by atomic mass is 10.1. The van der Waals surface area contributed by atoms with Crippen molar-refractivity contribution >= 4 is 23.5 Å². The Hall–Kier alpha value is -2.61. The molecule has 25 heavy (non-hydrogen) atoms. The maximum absolute atomic E-state index is 13.7. The predicted molar refractivity (Wildman–Crippen MR) is 94.4 cm³/mol. The Kier molecular flexibility index (Phi) is 3.84. The maximum atomic E-state index is 13.7. The Labute approximate surface area is 148 Å². The summed E-state index contributed by atoms with van der Waals surface area (Å²) < 4.78 is 17.3. The molecule has 0 saturated carbocycles. The standard InChI is InChI=1S/C17H16FN5OS/c1-10-13(7-20-22(10)2)16-15-17(21-14(24)8-25-16)19-9-23(15)12-5-3-4-11(18)6-12/h3-7,9,16H,8H2,1-2H3,(H,21,24). The van der Waals surface area contributed by atoms with Gasteiger partial charge in [-0.1, -0.05) is 6.07 Å². The van der Waals surface area contributed by atoms with Crippen LogP contribution in [0, 0.1) is 12.7 Å². The van der Waals surface area contributed by atoms with Gasteiger partial charge in [-0.15, -0.1) is 11.8 Å². The summed E-state index contributed by atoms with van der Waals surface area (Å²) in [5.74, 6) is 0.407. The molecule has 0 radical (unpaired) electrons. The van der Waals surface area contributed by atoms with Gasteiger partial charge in [0, 0.05) is 24.0 Å². The number of fused-ring (bicyclic) bond motifs is 1. The molecule has 4 rings (SSSR count). The van der Waals surface area contributed by atoms with E-state index in [0.29, 0.717) is 17.3 Å². The minimum atomic E-state index is -0.320. The van der Waals surface area contributed by atoms with Crippen LogP contribution < -0.4 is 5.32 Å². The fraction of sp³-hybridized carbons (Fsp3) is 0.235. The van der Waals surface area contributed by atoms with Crippen molar-refractivity contribution in [1.82, 2.24) is 19.3 Å². The van der Waals surface area contributed by atoms with Crippen molar-refractivity contribution < 1.29 is 9.18 Å². The predicted octanol–water partition coefficient (Wildman–Crippen LogP) is 2.83. The van der Waals surface area contributed by atoms with Gasteiger partial charge >= 0.3 is 0 Å². The Bertz CT molecular complexity index is 964. The quantitative estimate of drug-likeness (QED) is 0.766. The number of halogens is 1. The van der Waals surface area contributed by atoms with Crippen LogP contribution in [0.25, 0.3) is 5.69 Å². The van der Waals surface area contributed by atoms with Crippen LogP contribution in [-0.2, 0) is 11.8 Å². The number of anilines is 1. The Morgan fingerprint density at radius 3 is 2.96 bits per heavy atom. The van der Waals surface area contributed by atoms with Crippen molar-refractivity contribution in [3.63, 3.8) is 0 Å². The Morgan fingerprint density at radius 2 is 2.24 bits per heavy atom. The Balaban J connectivity index is 1.91. The molecule has 0 saturated heterocycles. The number of aryl methyl sites for hydroxylation is 1. The molecule has 0 bridgehead atoms. The first-order valence-electron chi connectivity index (χ1n) is 7.77. The van der Waals surface area contributed by atoms with Crippen molar-refractivity contribution in [3.8, 4) is 5.69 Å². The molecule has 1 aromatic carbocycles. The molecule has 1 aliphatic heterocycles. The third-order valence-electron chi connectivity index (χ3n) is 4.33. The molecule has 1 amide bonds. The van der Waals surface area contributed by atoms with Gasteiger partial charge in [-0.25, -0.2) is 9.37 Å². The van der Waals surface area contributed by atoms with Crippen LogP contribution in [0.5, 0.6) is 0 Å². The molecule has 1 aliphatic rings. The van der Waals surface area contributed by atoms with E-state index in [0.717, 1.165) is 17.0 Å². The third kappa shape index (κ3) is 2.72. The second kappa shape index (κ2) is 6.03. The highest BCUT2D eigenvalue weighted by Gasteiger charge is 2.31. The van der Waals surface area contributed by atoms with Gasteiger partial charge in [0.25, 0.3) is 0 Å². The van der Waals surface area contributed by atoms with Crippen LogP contribution in [0.4, 0.5) is 10.2 Å². The third-order valence-corrected chi connectivity index (χ3v) is 5.57. The van der Waals surface area contributed by atoms with E-state index in [-0.39, 0.29) is 17.0 Å². The lowest BCUT2D eigenvalue weighted by Gasteiger charge is -2.17. The number of amides is 1. The van der Waals surface area contributed by atoms with Gasteiger partial charge in [0.2, 0.25) is 5.91 Å². The number of hydrogen-bond acceptors (Lipinski definition) is 4. The van der Waals surface area contributed by atoms with Crippen LogP contribution in [0.15, 0.2) is 36.8 Å². The average molecular weight is 357 g/mol. The number of thioether (sulfide) groups is 1. The zero-order valence-corrected chi connectivity index (χ0v) is 14.5. The fourth-order valence-electron chi connectivity index (χ4n) is 2.95. The number of rotatable bonds is 2. The van der Waals surface area contributed by atoms with Crippen molar-refractivity contribution in [1.29, 1.82) is 0 Å². The van der Waals surface area contributed by atoms with Gasteiger partial charge in [-0.05, 0) is 25.1 Å². The largest absolute Gasteiger partial charge is 0.308 e. The van der Waals surface area contributed by atoms with Gasteiger partial charge in [-0.3, -0.25) is 14.0 Å². The first kappa shape index (κ1) is 15.9. The van der Waals surface area contributed by atoms with E-state index in [2.05, 4.69) is 15.4 Å². The number of hydrogen-bond donors (Lipinski definition) is 1. The summed E-state index contributed by atoms with van der Waals surface area (Å²) in [6, 6.07) is 6.32. The van der Waals surface area contributed by atoms with Crippen molar-refractivity contribution in [2.45, 2.75) is 12.2 Å². The molecule has 3 heterocycles. The summed E-state index contributed by atoms with van der Waals surface area (Å²) in [5, 5.41) is 7.03. The molecule has 1 atom stereocenters. The van der Waals surface area contributed by atoms with E-state index in [1.165, 1.54) is 23.9 Å². The second-order valence-corrected chi connectivity index (χ2v) is 6.97. The molecule has 6 nitrogen and oxygen atoms in total. The normalized spacial score (nSPS) is 17.1. The van der Waals surface area contributed by atoms with Crippen LogP contribution in [-0.4, -0.2) is 31.0 Å². The smallest absolute Gasteiger partial charge is 0.235 e.